The van der Waals surface area contributed by atoms with Gasteiger partial charge in [-0.3, -0.25) is 19.3 Å². The van der Waals surface area contributed by atoms with Crippen molar-refractivity contribution in [3.8, 4) is 11.5 Å². The Kier molecular flexibility index (Phi) is 7.48. The third kappa shape index (κ3) is 5.87. The van der Waals surface area contributed by atoms with E-state index in [2.05, 4.69) is 0 Å². The fourth-order valence-corrected chi connectivity index (χ4v) is 4.86. The summed E-state index contributed by atoms with van der Waals surface area (Å²) >= 11 is 6.03. The summed E-state index contributed by atoms with van der Waals surface area (Å²) in [4.78, 5) is 38.0. The first kappa shape index (κ1) is 24.8. The van der Waals surface area contributed by atoms with Gasteiger partial charge in [-0.1, -0.05) is 42.2 Å². The van der Waals surface area contributed by atoms with Crippen molar-refractivity contribution in [1.82, 2.24) is 9.80 Å². The second-order valence-corrected chi connectivity index (χ2v) is 9.65. The number of carboxylic acids is 1. The molecule has 0 radical (unpaired) electrons. The predicted molar refractivity (Wildman–Crippen MR) is 132 cm³/mol. The van der Waals surface area contributed by atoms with Gasteiger partial charge in [0, 0.05) is 7.05 Å². The SMILES string of the molecule is CN1C(=O)COCC1Cc1ccc(Oc2ccc(C=C3SC(=S)N(CC(=O)O)C3=O)cc2F)cc1. The van der Waals surface area contributed by atoms with Gasteiger partial charge in [-0.05, 0) is 47.9 Å². The minimum atomic E-state index is -1.17. The Morgan fingerprint density at radius 3 is 2.71 bits per heavy atom. The minimum Gasteiger partial charge on any atom is -0.480 e. The van der Waals surface area contributed by atoms with Gasteiger partial charge in [0.05, 0.1) is 17.6 Å². The van der Waals surface area contributed by atoms with Crippen LogP contribution >= 0.6 is 24.0 Å². The van der Waals surface area contributed by atoms with E-state index in [-0.39, 0.29) is 33.5 Å². The number of benzene rings is 2. The van der Waals surface area contributed by atoms with Gasteiger partial charge in [-0.25, -0.2) is 4.39 Å². The molecule has 2 heterocycles. The highest BCUT2D eigenvalue weighted by Crippen LogP contribution is 2.33. The molecule has 0 aromatic heterocycles. The van der Waals surface area contributed by atoms with Crippen LogP contribution in [-0.4, -0.2) is 69.9 Å². The molecule has 0 spiro atoms. The number of morpholine rings is 1. The van der Waals surface area contributed by atoms with Crippen molar-refractivity contribution in [1.29, 1.82) is 0 Å². The summed E-state index contributed by atoms with van der Waals surface area (Å²) in [7, 11) is 1.76. The van der Waals surface area contributed by atoms with Gasteiger partial charge in [0.1, 0.15) is 23.2 Å². The molecule has 35 heavy (non-hydrogen) atoms. The molecule has 2 aromatic rings. The molecule has 2 aliphatic rings. The van der Waals surface area contributed by atoms with Crippen LogP contribution in [0.25, 0.3) is 6.08 Å². The van der Waals surface area contributed by atoms with Gasteiger partial charge in [-0.15, -0.1) is 0 Å². The van der Waals surface area contributed by atoms with Crippen LogP contribution in [0.15, 0.2) is 47.4 Å². The molecular formula is C24H21FN2O6S2. The van der Waals surface area contributed by atoms with Crippen LogP contribution in [0, 0.1) is 5.82 Å². The van der Waals surface area contributed by atoms with E-state index >= 15 is 0 Å². The van der Waals surface area contributed by atoms with Crippen LogP contribution in [0.1, 0.15) is 11.1 Å². The quantitative estimate of drug-likeness (QED) is 0.443. The van der Waals surface area contributed by atoms with E-state index in [9.17, 15) is 18.8 Å². The molecule has 1 unspecified atom stereocenters. The number of thioether (sulfide) groups is 1. The Bertz CT molecular complexity index is 1220. The van der Waals surface area contributed by atoms with E-state index in [4.69, 9.17) is 26.8 Å². The summed E-state index contributed by atoms with van der Waals surface area (Å²) in [5.74, 6) is -1.92. The number of hydrogen-bond donors (Lipinski definition) is 1. The molecule has 0 saturated carbocycles. The number of carboxylic acid groups (broad SMARTS) is 1. The molecule has 2 amide bonds. The Balaban J connectivity index is 1.41. The molecule has 1 atom stereocenters. The maximum Gasteiger partial charge on any atom is 0.323 e. The van der Waals surface area contributed by atoms with Crippen LogP contribution in [0.3, 0.4) is 0 Å². The third-order valence-electron chi connectivity index (χ3n) is 5.52. The fourth-order valence-electron chi connectivity index (χ4n) is 3.60. The van der Waals surface area contributed by atoms with E-state index in [1.807, 2.05) is 12.1 Å². The van der Waals surface area contributed by atoms with Crippen LogP contribution in [-0.2, 0) is 25.5 Å². The van der Waals surface area contributed by atoms with Crippen molar-refractivity contribution < 1.29 is 33.4 Å². The highest BCUT2D eigenvalue weighted by Gasteiger charge is 2.33. The van der Waals surface area contributed by atoms with Gasteiger partial charge in [-0.2, -0.15) is 0 Å². The lowest BCUT2D eigenvalue weighted by Crippen LogP contribution is -2.47. The minimum absolute atomic E-state index is 0.0133. The number of carbonyl (C=O) groups is 3. The number of hydrogen-bond acceptors (Lipinski definition) is 7. The summed E-state index contributed by atoms with van der Waals surface area (Å²) in [6.45, 7) is 0.0554. The topological polar surface area (TPSA) is 96.4 Å². The summed E-state index contributed by atoms with van der Waals surface area (Å²) < 4.78 is 25.8. The second kappa shape index (κ2) is 10.5. The predicted octanol–water partition coefficient (Wildman–Crippen LogP) is 3.30. The van der Waals surface area contributed by atoms with E-state index < -0.39 is 24.2 Å². The van der Waals surface area contributed by atoms with Crippen molar-refractivity contribution >= 4 is 52.2 Å². The number of rotatable bonds is 7. The summed E-state index contributed by atoms with van der Waals surface area (Å²) in [6, 6.07) is 11.4. The summed E-state index contributed by atoms with van der Waals surface area (Å²) in [6.07, 6.45) is 2.09. The van der Waals surface area contributed by atoms with Gasteiger partial charge < -0.3 is 19.5 Å². The maximum atomic E-state index is 14.7. The molecule has 8 nitrogen and oxygen atoms in total. The number of thiocarbonyl (C=S) groups is 1. The average molecular weight is 517 g/mol. The number of ether oxygens (including phenoxy) is 2. The molecular weight excluding hydrogens is 495 g/mol. The standard InChI is InChI=1S/C24H21FN2O6S2/c1-26-16(12-32-13-21(26)28)8-14-2-5-17(6-3-14)33-19-7-4-15(9-18(19)25)10-20-23(31)27(11-22(29)30)24(34)35-20/h2-7,9-10,16H,8,11-13H2,1H3,(H,29,30). The normalized spacial score (nSPS) is 19.5. The Morgan fingerprint density at radius 1 is 1.29 bits per heavy atom. The van der Waals surface area contributed by atoms with E-state index in [0.717, 1.165) is 22.2 Å². The Morgan fingerprint density at radius 2 is 2.03 bits per heavy atom. The van der Waals surface area contributed by atoms with Gasteiger partial charge in [0.25, 0.3) is 5.91 Å². The van der Waals surface area contributed by atoms with Crippen molar-refractivity contribution in [3.05, 3.63) is 64.3 Å². The highest BCUT2D eigenvalue weighted by molar-refractivity contribution is 8.26. The lowest BCUT2D eigenvalue weighted by Gasteiger charge is -2.32. The number of aliphatic carboxylic acids is 1. The molecule has 2 saturated heterocycles. The van der Waals surface area contributed by atoms with Crippen LogP contribution in [0.2, 0.25) is 0 Å². The molecule has 1 N–H and O–H groups in total. The fraction of sp³-hybridized carbons (Fsp3) is 0.250. The Hall–Kier alpha value is -3.28. The van der Waals surface area contributed by atoms with E-state index in [1.54, 1.807) is 30.1 Å². The van der Waals surface area contributed by atoms with Crippen LogP contribution in [0.5, 0.6) is 11.5 Å². The van der Waals surface area contributed by atoms with Crippen LogP contribution < -0.4 is 4.74 Å². The number of likely N-dealkylation sites (N-methyl/N-ethyl adjacent to an activating group) is 1. The number of amides is 2. The molecule has 2 fully saturated rings. The first-order chi connectivity index (χ1) is 16.7. The first-order valence-corrected chi connectivity index (χ1v) is 11.8. The molecule has 0 bridgehead atoms. The van der Waals surface area contributed by atoms with Crippen molar-refractivity contribution in [2.75, 3.05) is 26.8 Å². The number of halogens is 1. The number of carbonyl (C=O) groups excluding carboxylic acids is 2. The molecule has 0 aliphatic carbocycles. The van der Waals surface area contributed by atoms with Crippen molar-refractivity contribution in [3.63, 3.8) is 0 Å². The summed E-state index contributed by atoms with van der Waals surface area (Å²) in [5, 5.41) is 8.92. The van der Waals surface area contributed by atoms with Gasteiger partial charge in [0.2, 0.25) is 5.91 Å². The zero-order chi connectivity index (χ0) is 25.1. The first-order valence-electron chi connectivity index (χ1n) is 10.6. The lowest BCUT2D eigenvalue weighted by atomic mass is 10.0. The molecule has 11 heteroatoms. The molecule has 2 aromatic carbocycles. The van der Waals surface area contributed by atoms with Crippen LogP contribution in [0.4, 0.5) is 4.39 Å². The van der Waals surface area contributed by atoms with E-state index in [0.29, 0.717) is 24.3 Å². The zero-order valence-electron chi connectivity index (χ0n) is 18.6. The maximum absolute atomic E-state index is 14.7. The molecule has 182 valence electrons. The largest absolute Gasteiger partial charge is 0.480 e. The lowest BCUT2D eigenvalue weighted by molar-refractivity contribution is -0.145. The second-order valence-electron chi connectivity index (χ2n) is 7.98. The van der Waals surface area contributed by atoms with Gasteiger partial charge in [0.15, 0.2) is 11.6 Å². The zero-order valence-corrected chi connectivity index (χ0v) is 20.2. The monoisotopic (exact) mass is 516 g/mol. The smallest absolute Gasteiger partial charge is 0.323 e. The average Bonchev–Trinajstić information content (AvgIpc) is 3.07. The Labute approximate surface area is 210 Å². The molecule has 2 aliphatic heterocycles. The van der Waals surface area contributed by atoms with E-state index in [1.165, 1.54) is 18.2 Å². The van der Waals surface area contributed by atoms with Crippen molar-refractivity contribution in [2.24, 2.45) is 0 Å². The number of nitrogens with zero attached hydrogens (tertiary/aromatic N) is 2. The highest BCUT2D eigenvalue weighted by atomic mass is 32.2. The molecule has 4 rings (SSSR count). The summed E-state index contributed by atoms with van der Waals surface area (Å²) in [5.41, 5.74) is 1.40. The third-order valence-corrected chi connectivity index (χ3v) is 6.90. The van der Waals surface area contributed by atoms with Crippen molar-refractivity contribution in [2.45, 2.75) is 12.5 Å². The van der Waals surface area contributed by atoms with Gasteiger partial charge >= 0.3 is 5.97 Å².